The van der Waals surface area contributed by atoms with E-state index in [1.54, 1.807) is 18.3 Å². The third-order valence-electron chi connectivity index (χ3n) is 3.75. The van der Waals surface area contributed by atoms with E-state index in [1.807, 2.05) is 0 Å². The van der Waals surface area contributed by atoms with Gasteiger partial charge in [0.15, 0.2) is 0 Å². The Kier molecular flexibility index (Phi) is 5.80. The van der Waals surface area contributed by atoms with E-state index in [4.69, 9.17) is 9.94 Å². The van der Waals surface area contributed by atoms with Gasteiger partial charge < -0.3 is 9.84 Å². The number of amides is 1. The molecule has 124 valence electrons. The fourth-order valence-corrected chi connectivity index (χ4v) is 2.29. The molecule has 0 saturated carbocycles. The third-order valence-corrected chi connectivity index (χ3v) is 3.75. The number of carboxylic acid groups (broad SMARTS) is 1. The molecule has 1 saturated heterocycles. The summed E-state index contributed by atoms with van der Waals surface area (Å²) in [4.78, 5) is 26.6. The number of rotatable bonds is 6. The summed E-state index contributed by atoms with van der Waals surface area (Å²) in [6, 6.07) is 3.50. The number of ether oxygens (including phenoxy) is 1. The van der Waals surface area contributed by atoms with Gasteiger partial charge in [-0.05, 0) is 30.5 Å². The smallest absolute Gasteiger partial charge is 0.324 e. The molecule has 0 unspecified atom stereocenters. The molecule has 1 amide bonds. The van der Waals surface area contributed by atoms with Crippen molar-refractivity contribution >= 4 is 18.0 Å². The highest BCUT2D eigenvalue weighted by atomic mass is 16.5. The fraction of sp³-hybridized carbons (Fsp3) is 0.400. The van der Waals surface area contributed by atoms with Gasteiger partial charge in [0.1, 0.15) is 5.54 Å². The zero-order valence-corrected chi connectivity index (χ0v) is 12.5. The van der Waals surface area contributed by atoms with Crippen LogP contribution in [0.3, 0.4) is 0 Å². The Morgan fingerprint density at radius 1 is 1.35 bits per heavy atom. The molecular formula is C15H19N3O5. The number of hydroxylamine groups is 1. The highest BCUT2D eigenvalue weighted by Gasteiger charge is 2.39. The molecule has 1 aromatic rings. The van der Waals surface area contributed by atoms with Crippen molar-refractivity contribution in [3.63, 3.8) is 0 Å². The number of nitrogens with zero attached hydrogens (tertiary/aromatic N) is 1. The van der Waals surface area contributed by atoms with Gasteiger partial charge in [-0.25, -0.2) is 5.48 Å². The van der Waals surface area contributed by atoms with E-state index in [0.29, 0.717) is 43.9 Å². The Morgan fingerprint density at radius 3 is 2.65 bits per heavy atom. The van der Waals surface area contributed by atoms with Crippen molar-refractivity contribution < 1.29 is 24.6 Å². The Balaban J connectivity index is 1.96. The number of hydrogen-bond acceptors (Lipinski definition) is 6. The molecule has 1 aliphatic rings. The third kappa shape index (κ3) is 4.59. The minimum Gasteiger partial charge on any atom is -0.480 e. The van der Waals surface area contributed by atoms with Crippen LogP contribution < -0.4 is 10.8 Å². The van der Waals surface area contributed by atoms with Crippen LogP contribution in [0.5, 0.6) is 0 Å². The zero-order valence-electron chi connectivity index (χ0n) is 12.5. The summed E-state index contributed by atoms with van der Waals surface area (Å²) in [5, 5.41) is 20.9. The van der Waals surface area contributed by atoms with Crippen LogP contribution in [0.4, 0.5) is 0 Å². The monoisotopic (exact) mass is 321 g/mol. The van der Waals surface area contributed by atoms with E-state index < -0.39 is 17.4 Å². The van der Waals surface area contributed by atoms with E-state index in [1.165, 1.54) is 17.6 Å². The van der Waals surface area contributed by atoms with Crippen molar-refractivity contribution in [1.82, 2.24) is 15.8 Å². The van der Waals surface area contributed by atoms with Crippen molar-refractivity contribution in [3.8, 4) is 0 Å². The molecule has 8 heteroatoms. The van der Waals surface area contributed by atoms with Gasteiger partial charge in [0.2, 0.25) is 0 Å². The first kappa shape index (κ1) is 17.1. The number of aromatic nitrogens is 1. The highest BCUT2D eigenvalue weighted by Crippen LogP contribution is 2.21. The Morgan fingerprint density at radius 2 is 2.09 bits per heavy atom. The van der Waals surface area contributed by atoms with Crippen molar-refractivity contribution in [3.05, 3.63) is 35.7 Å². The molecule has 1 fully saturated rings. The normalized spacial score (nSPS) is 17.1. The summed E-state index contributed by atoms with van der Waals surface area (Å²) in [5.41, 5.74) is 1.91. The van der Waals surface area contributed by atoms with Crippen LogP contribution in [-0.4, -0.2) is 45.9 Å². The number of carbonyl (C=O) groups excluding carboxylic acids is 1. The molecule has 4 N–H and O–H groups in total. The maximum absolute atomic E-state index is 11.5. The molecule has 0 spiro atoms. The van der Waals surface area contributed by atoms with E-state index >= 15 is 0 Å². The number of nitrogens with one attached hydrogen (secondary N) is 2. The summed E-state index contributed by atoms with van der Waals surface area (Å²) >= 11 is 0. The predicted molar refractivity (Wildman–Crippen MR) is 80.5 cm³/mol. The van der Waals surface area contributed by atoms with E-state index in [2.05, 4.69) is 10.3 Å². The average molecular weight is 321 g/mol. The number of carboxylic acids is 1. The van der Waals surface area contributed by atoms with E-state index in [-0.39, 0.29) is 0 Å². The molecule has 1 aromatic heterocycles. The van der Waals surface area contributed by atoms with Gasteiger partial charge in [-0.1, -0.05) is 6.07 Å². The average Bonchev–Trinajstić information content (AvgIpc) is 2.59. The van der Waals surface area contributed by atoms with Crippen LogP contribution in [0.15, 0.2) is 24.4 Å². The Hall–Kier alpha value is -2.29. The molecule has 0 bridgehead atoms. The predicted octanol–water partition coefficient (Wildman–Crippen LogP) is 0.324. The first-order valence-corrected chi connectivity index (χ1v) is 7.19. The fourth-order valence-electron chi connectivity index (χ4n) is 2.29. The standard InChI is InChI=1S/C15H19N3O5/c19-13(18-22)4-2-11-1-3-12(16-9-11)10-17-15(14(20)21)5-7-23-8-6-15/h1-4,9,17,22H,5-8,10H2,(H,18,19)(H,20,21)/b4-2+. The first-order valence-electron chi connectivity index (χ1n) is 7.19. The second-order valence-corrected chi connectivity index (χ2v) is 5.25. The van der Waals surface area contributed by atoms with Crippen molar-refractivity contribution in [2.24, 2.45) is 0 Å². The van der Waals surface area contributed by atoms with Crippen LogP contribution in [-0.2, 0) is 20.9 Å². The number of hydrogen-bond donors (Lipinski definition) is 4. The topological polar surface area (TPSA) is 121 Å². The summed E-state index contributed by atoms with van der Waals surface area (Å²) in [6.45, 7) is 1.17. The molecule has 23 heavy (non-hydrogen) atoms. The van der Waals surface area contributed by atoms with Crippen LogP contribution in [0, 0.1) is 0 Å². The molecular weight excluding hydrogens is 302 g/mol. The second-order valence-electron chi connectivity index (χ2n) is 5.25. The lowest BCUT2D eigenvalue weighted by Gasteiger charge is -2.34. The van der Waals surface area contributed by atoms with Crippen molar-refractivity contribution in [1.29, 1.82) is 0 Å². The highest BCUT2D eigenvalue weighted by molar-refractivity contribution is 5.90. The van der Waals surface area contributed by atoms with Crippen LogP contribution in [0.2, 0.25) is 0 Å². The quantitative estimate of drug-likeness (QED) is 0.338. The van der Waals surface area contributed by atoms with Gasteiger partial charge in [0.25, 0.3) is 5.91 Å². The maximum atomic E-state index is 11.5. The second kappa shape index (κ2) is 7.82. The lowest BCUT2D eigenvalue weighted by Crippen LogP contribution is -2.55. The first-order chi connectivity index (χ1) is 11.1. The van der Waals surface area contributed by atoms with Gasteiger partial charge in [-0.2, -0.15) is 0 Å². The van der Waals surface area contributed by atoms with E-state index in [0.717, 1.165) is 0 Å². The van der Waals surface area contributed by atoms with Gasteiger partial charge in [-0.15, -0.1) is 0 Å². The summed E-state index contributed by atoms with van der Waals surface area (Å²) < 4.78 is 5.22. The molecule has 2 heterocycles. The van der Waals surface area contributed by atoms with Gasteiger partial charge in [0.05, 0.1) is 5.69 Å². The molecule has 1 aliphatic heterocycles. The molecule has 2 rings (SSSR count). The minimum absolute atomic E-state index is 0.327. The van der Waals surface area contributed by atoms with Crippen LogP contribution in [0.25, 0.3) is 6.08 Å². The SMILES string of the molecule is O=C(/C=C/c1ccc(CNC2(C(=O)O)CCOCC2)nc1)NO. The molecule has 0 aromatic carbocycles. The number of aliphatic carboxylic acids is 1. The molecule has 0 atom stereocenters. The molecule has 0 aliphatic carbocycles. The lowest BCUT2D eigenvalue weighted by atomic mass is 9.90. The van der Waals surface area contributed by atoms with Gasteiger partial charge >= 0.3 is 5.97 Å². The van der Waals surface area contributed by atoms with Gasteiger partial charge in [0, 0.05) is 32.0 Å². The van der Waals surface area contributed by atoms with Crippen molar-refractivity contribution in [2.45, 2.75) is 24.9 Å². The van der Waals surface area contributed by atoms with Crippen LogP contribution >= 0.6 is 0 Å². The van der Waals surface area contributed by atoms with Crippen LogP contribution in [0.1, 0.15) is 24.1 Å². The summed E-state index contributed by atoms with van der Waals surface area (Å²) in [5.74, 6) is -1.51. The van der Waals surface area contributed by atoms with Crippen molar-refractivity contribution in [2.75, 3.05) is 13.2 Å². The van der Waals surface area contributed by atoms with Gasteiger partial charge in [-0.3, -0.25) is 25.1 Å². The molecule has 8 nitrogen and oxygen atoms in total. The Labute approximate surface area is 133 Å². The maximum Gasteiger partial charge on any atom is 0.324 e. The summed E-state index contributed by atoms with van der Waals surface area (Å²) in [6.07, 6.45) is 5.08. The Bertz CT molecular complexity index is 579. The molecule has 0 radical (unpaired) electrons. The van der Waals surface area contributed by atoms with E-state index in [9.17, 15) is 14.7 Å². The number of pyridine rings is 1. The number of carbonyl (C=O) groups is 2. The minimum atomic E-state index is -0.974. The zero-order chi connectivity index (χ0) is 16.7. The largest absolute Gasteiger partial charge is 0.480 e. The summed E-state index contributed by atoms with van der Waals surface area (Å²) in [7, 11) is 0. The lowest BCUT2D eigenvalue weighted by molar-refractivity contribution is -0.149.